The topological polar surface area (TPSA) is 102 Å². The Morgan fingerprint density at radius 2 is 2.17 bits per heavy atom. The maximum Gasteiger partial charge on any atom is 0.411 e. The molecule has 2 heterocycles. The van der Waals surface area contributed by atoms with Gasteiger partial charge >= 0.3 is 6.09 Å². The van der Waals surface area contributed by atoms with E-state index in [1.165, 1.54) is 18.3 Å². The molecule has 2 N–H and O–H groups in total. The number of anilines is 1. The fourth-order valence-corrected chi connectivity index (χ4v) is 2.29. The third-order valence-corrected chi connectivity index (χ3v) is 3.31. The molecule has 122 valence electrons. The third kappa shape index (κ3) is 2.91. The summed E-state index contributed by atoms with van der Waals surface area (Å²) in [5.74, 6) is -0.0566. The summed E-state index contributed by atoms with van der Waals surface area (Å²) >= 11 is 0. The maximum absolute atomic E-state index is 12.2. The highest BCUT2D eigenvalue weighted by Gasteiger charge is 2.17. The zero-order valence-electron chi connectivity index (χ0n) is 12.8. The van der Waals surface area contributed by atoms with Crippen LogP contribution in [-0.4, -0.2) is 22.8 Å². The van der Waals surface area contributed by atoms with Gasteiger partial charge in [0.25, 0.3) is 0 Å². The van der Waals surface area contributed by atoms with Crippen LogP contribution in [0.1, 0.15) is 6.92 Å². The molecule has 1 amide bonds. The van der Waals surface area contributed by atoms with Crippen LogP contribution in [0.15, 0.2) is 51.8 Å². The molecule has 0 unspecified atom stereocenters. The van der Waals surface area contributed by atoms with Gasteiger partial charge in [-0.25, -0.2) is 9.78 Å². The van der Waals surface area contributed by atoms with Crippen LogP contribution in [0.5, 0.6) is 5.75 Å². The molecule has 7 nitrogen and oxygen atoms in total. The molecule has 1 aromatic carbocycles. The van der Waals surface area contributed by atoms with Crippen LogP contribution in [0.25, 0.3) is 22.4 Å². The number of rotatable bonds is 3. The van der Waals surface area contributed by atoms with Crippen molar-refractivity contribution in [3.8, 4) is 17.1 Å². The Hall–Kier alpha value is -3.35. The van der Waals surface area contributed by atoms with Gasteiger partial charge in [-0.15, -0.1) is 0 Å². The number of phenols is 1. The standard InChI is InChI=1S/C17H14N2O5/c1-2-23-17(22)19-11-6-3-7-12(20)15(11)14-9-13(21)10-5-4-8-18-16(10)24-14/h3-9,20H,2H2,1H3,(H,19,22). The summed E-state index contributed by atoms with van der Waals surface area (Å²) in [7, 11) is 0. The number of hydrogen-bond acceptors (Lipinski definition) is 6. The zero-order chi connectivity index (χ0) is 17.1. The zero-order valence-corrected chi connectivity index (χ0v) is 12.8. The lowest BCUT2D eigenvalue weighted by molar-refractivity contribution is 0.168. The molecule has 24 heavy (non-hydrogen) atoms. The van der Waals surface area contributed by atoms with E-state index in [0.717, 1.165) is 0 Å². The Bertz CT molecular complexity index is 965. The number of carbonyl (C=O) groups excluding carboxylic acids is 1. The minimum Gasteiger partial charge on any atom is -0.507 e. The van der Waals surface area contributed by atoms with Crippen LogP contribution in [-0.2, 0) is 4.74 Å². The van der Waals surface area contributed by atoms with E-state index in [1.54, 1.807) is 31.2 Å². The quantitative estimate of drug-likeness (QED) is 0.766. The average molecular weight is 326 g/mol. The normalized spacial score (nSPS) is 10.5. The van der Waals surface area contributed by atoms with E-state index in [1.807, 2.05) is 0 Å². The number of pyridine rings is 1. The number of fused-ring (bicyclic) bond motifs is 1. The molecule has 0 aliphatic carbocycles. The second kappa shape index (κ2) is 6.41. The van der Waals surface area contributed by atoms with Gasteiger partial charge in [-0.3, -0.25) is 10.1 Å². The molecule has 0 aliphatic rings. The summed E-state index contributed by atoms with van der Waals surface area (Å²) < 4.78 is 10.5. The fraction of sp³-hybridized carbons (Fsp3) is 0.118. The first kappa shape index (κ1) is 15.5. The van der Waals surface area contributed by atoms with Crippen LogP contribution in [0.2, 0.25) is 0 Å². The van der Waals surface area contributed by atoms with E-state index in [2.05, 4.69) is 10.3 Å². The number of aromatic nitrogens is 1. The van der Waals surface area contributed by atoms with E-state index in [-0.39, 0.29) is 40.5 Å². The van der Waals surface area contributed by atoms with E-state index < -0.39 is 6.09 Å². The molecule has 3 rings (SSSR count). The number of ether oxygens (including phenoxy) is 1. The lowest BCUT2D eigenvalue weighted by atomic mass is 10.1. The number of carbonyl (C=O) groups is 1. The second-order valence-electron chi connectivity index (χ2n) is 4.88. The molecule has 0 atom stereocenters. The third-order valence-electron chi connectivity index (χ3n) is 3.31. The van der Waals surface area contributed by atoms with Crippen LogP contribution in [0, 0.1) is 0 Å². The summed E-state index contributed by atoms with van der Waals surface area (Å²) in [6, 6.07) is 9.02. The molecule has 0 saturated carbocycles. The first-order valence-electron chi connectivity index (χ1n) is 7.25. The predicted octanol–water partition coefficient (Wildman–Crippen LogP) is 3.13. The molecule has 3 aromatic rings. The Morgan fingerprint density at radius 1 is 1.33 bits per heavy atom. The molecular weight excluding hydrogens is 312 g/mol. The summed E-state index contributed by atoms with van der Waals surface area (Å²) in [4.78, 5) is 27.9. The van der Waals surface area contributed by atoms with Gasteiger partial charge in [-0.05, 0) is 31.2 Å². The predicted molar refractivity (Wildman–Crippen MR) is 88.0 cm³/mol. The van der Waals surface area contributed by atoms with Crippen molar-refractivity contribution >= 4 is 22.9 Å². The molecule has 0 aliphatic heterocycles. The van der Waals surface area contributed by atoms with Crippen molar-refractivity contribution in [2.75, 3.05) is 11.9 Å². The number of nitrogens with one attached hydrogen (secondary N) is 1. The van der Waals surface area contributed by atoms with E-state index >= 15 is 0 Å². The van der Waals surface area contributed by atoms with E-state index in [0.29, 0.717) is 5.39 Å². The van der Waals surface area contributed by atoms with Crippen molar-refractivity contribution in [1.82, 2.24) is 4.98 Å². The van der Waals surface area contributed by atoms with Crippen molar-refractivity contribution in [2.24, 2.45) is 0 Å². The van der Waals surface area contributed by atoms with Crippen molar-refractivity contribution < 1.29 is 19.1 Å². The number of amides is 1. The van der Waals surface area contributed by atoms with Gasteiger partial charge in [-0.2, -0.15) is 0 Å². The smallest absolute Gasteiger partial charge is 0.411 e. The number of hydrogen-bond donors (Lipinski definition) is 2. The Balaban J connectivity index is 2.15. The van der Waals surface area contributed by atoms with Gasteiger partial charge in [-0.1, -0.05) is 6.07 Å². The minimum atomic E-state index is -0.675. The van der Waals surface area contributed by atoms with Crippen LogP contribution >= 0.6 is 0 Å². The average Bonchev–Trinajstić information content (AvgIpc) is 2.55. The maximum atomic E-state index is 12.2. The summed E-state index contributed by atoms with van der Waals surface area (Å²) in [6.07, 6.45) is 0.822. The second-order valence-corrected chi connectivity index (χ2v) is 4.88. The Kier molecular flexibility index (Phi) is 4.15. The van der Waals surface area contributed by atoms with Gasteiger partial charge < -0.3 is 14.3 Å². The summed E-state index contributed by atoms with van der Waals surface area (Å²) in [5.41, 5.74) is 0.275. The van der Waals surface area contributed by atoms with Crippen molar-refractivity contribution in [1.29, 1.82) is 0 Å². The number of nitrogens with zero attached hydrogens (tertiary/aromatic N) is 1. The van der Waals surface area contributed by atoms with Gasteiger partial charge in [0, 0.05) is 12.3 Å². The number of aromatic hydroxyl groups is 1. The van der Waals surface area contributed by atoms with Crippen molar-refractivity contribution in [2.45, 2.75) is 6.92 Å². The summed E-state index contributed by atoms with van der Waals surface area (Å²) in [6.45, 7) is 1.88. The van der Waals surface area contributed by atoms with Gasteiger partial charge in [0.1, 0.15) is 11.5 Å². The largest absolute Gasteiger partial charge is 0.507 e. The molecule has 0 radical (unpaired) electrons. The SMILES string of the molecule is CCOC(=O)Nc1cccc(O)c1-c1cc(=O)c2cccnc2o1. The first-order chi connectivity index (χ1) is 11.6. The molecule has 0 saturated heterocycles. The van der Waals surface area contributed by atoms with Crippen molar-refractivity contribution in [3.05, 3.63) is 52.8 Å². The molecular formula is C17H14N2O5. The highest BCUT2D eigenvalue weighted by molar-refractivity contribution is 5.93. The minimum absolute atomic E-state index is 0.0936. The highest BCUT2D eigenvalue weighted by Crippen LogP contribution is 2.36. The van der Waals surface area contributed by atoms with E-state index in [4.69, 9.17) is 9.15 Å². The van der Waals surface area contributed by atoms with Crippen LogP contribution < -0.4 is 10.7 Å². The molecule has 2 aromatic heterocycles. The lowest BCUT2D eigenvalue weighted by Gasteiger charge is -2.12. The number of benzene rings is 1. The Morgan fingerprint density at radius 3 is 2.96 bits per heavy atom. The van der Waals surface area contributed by atoms with Gasteiger partial charge in [0.15, 0.2) is 5.43 Å². The molecule has 0 spiro atoms. The molecule has 0 fully saturated rings. The van der Waals surface area contributed by atoms with Crippen LogP contribution in [0.3, 0.4) is 0 Å². The van der Waals surface area contributed by atoms with Gasteiger partial charge in [0.2, 0.25) is 5.71 Å². The first-order valence-corrected chi connectivity index (χ1v) is 7.25. The Labute approximate surface area is 136 Å². The van der Waals surface area contributed by atoms with Crippen LogP contribution in [0.4, 0.5) is 10.5 Å². The van der Waals surface area contributed by atoms with Crippen molar-refractivity contribution in [3.63, 3.8) is 0 Å². The highest BCUT2D eigenvalue weighted by atomic mass is 16.5. The fourth-order valence-electron chi connectivity index (χ4n) is 2.29. The van der Waals surface area contributed by atoms with Gasteiger partial charge in [0.05, 0.1) is 23.2 Å². The molecule has 0 bridgehead atoms. The lowest BCUT2D eigenvalue weighted by Crippen LogP contribution is -2.14. The summed E-state index contributed by atoms with van der Waals surface area (Å²) in [5, 5.41) is 13.0. The van der Waals surface area contributed by atoms with E-state index in [9.17, 15) is 14.7 Å². The molecule has 7 heteroatoms. The number of phenolic OH excluding ortho intramolecular Hbond substituents is 1. The monoisotopic (exact) mass is 326 g/mol.